The van der Waals surface area contributed by atoms with Gasteiger partial charge >= 0.3 is 39.5 Å². The Morgan fingerprint density at radius 3 is 0.717 bits per heavy atom. The van der Waals surface area contributed by atoms with Gasteiger partial charge < -0.3 is 33.8 Å². The van der Waals surface area contributed by atoms with Crippen LogP contribution in [0.15, 0.2) is 0 Å². The Morgan fingerprint density at radius 1 is 0.274 bits per heavy atom. The van der Waals surface area contributed by atoms with Crippen LogP contribution >= 0.6 is 15.6 Å². The van der Waals surface area contributed by atoms with Crippen LogP contribution in [0.4, 0.5) is 0 Å². The summed E-state index contributed by atoms with van der Waals surface area (Å²) < 4.78 is 68.9. The van der Waals surface area contributed by atoms with Gasteiger partial charge in [0.1, 0.15) is 19.3 Å². The first kappa shape index (κ1) is 104. The van der Waals surface area contributed by atoms with Gasteiger partial charge in [-0.15, -0.1) is 0 Å². The van der Waals surface area contributed by atoms with E-state index < -0.39 is 97.5 Å². The van der Waals surface area contributed by atoms with Crippen LogP contribution in [-0.2, 0) is 65.4 Å². The first-order valence-corrected chi connectivity index (χ1v) is 48.0. The lowest BCUT2D eigenvalue weighted by Gasteiger charge is -2.21. The average molecular weight is 1550 g/mol. The summed E-state index contributed by atoms with van der Waals surface area (Å²) in [6.45, 7) is 9.70. The second-order valence-corrected chi connectivity index (χ2v) is 34.9. The van der Waals surface area contributed by atoms with E-state index in [1.54, 1.807) is 0 Å². The molecular formula is C87H170O17P2. The van der Waals surface area contributed by atoms with Gasteiger partial charge in [-0.25, -0.2) is 9.13 Å². The normalized spacial score (nSPS) is 14.1. The number of aliphatic hydroxyl groups is 1. The molecule has 0 aromatic carbocycles. The molecule has 0 fully saturated rings. The number of esters is 4. The Bertz CT molecular complexity index is 2030. The molecule has 0 bridgehead atoms. The quantitative estimate of drug-likeness (QED) is 0.0222. The molecule has 0 aliphatic heterocycles. The average Bonchev–Trinajstić information content (AvgIpc) is 0.905. The molecule has 630 valence electrons. The molecule has 3 N–H and O–H groups in total. The van der Waals surface area contributed by atoms with Gasteiger partial charge in [-0.2, -0.15) is 0 Å². The summed E-state index contributed by atoms with van der Waals surface area (Å²) in [4.78, 5) is 73.3. The van der Waals surface area contributed by atoms with Crippen LogP contribution in [-0.4, -0.2) is 96.7 Å². The Hall–Kier alpha value is -1.94. The number of ether oxygens (including phenoxy) is 4. The van der Waals surface area contributed by atoms with Crippen LogP contribution in [0.25, 0.3) is 0 Å². The third-order valence-corrected chi connectivity index (χ3v) is 22.7. The molecule has 0 amide bonds. The summed E-state index contributed by atoms with van der Waals surface area (Å²) in [7, 11) is -9.93. The highest BCUT2D eigenvalue weighted by molar-refractivity contribution is 7.47. The van der Waals surface area contributed by atoms with E-state index >= 15 is 0 Å². The molecule has 0 aliphatic rings. The maximum atomic E-state index is 13.2. The molecule has 0 aromatic heterocycles. The van der Waals surface area contributed by atoms with Crippen molar-refractivity contribution in [1.82, 2.24) is 0 Å². The highest BCUT2D eigenvalue weighted by atomic mass is 31.2. The number of unbranched alkanes of at least 4 members (excludes halogenated alkanes) is 55. The van der Waals surface area contributed by atoms with E-state index in [1.165, 1.54) is 283 Å². The zero-order valence-corrected chi connectivity index (χ0v) is 71.5. The van der Waals surface area contributed by atoms with Gasteiger partial charge in [-0.3, -0.25) is 37.3 Å². The topological polar surface area (TPSA) is 237 Å². The number of rotatable bonds is 86. The summed E-state index contributed by atoms with van der Waals surface area (Å²) in [6, 6.07) is 0. The van der Waals surface area contributed by atoms with Crippen molar-refractivity contribution < 1.29 is 80.2 Å². The van der Waals surface area contributed by atoms with Gasteiger partial charge in [-0.05, 0) is 37.5 Å². The van der Waals surface area contributed by atoms with Crippen molar-refractivity contribution in [2.24, 2.45) is 11.8 Å². The molecule has 0 aromatic rings. The van der Waals surface area contributed by atoms with Crippen molar-refractivity contribution in [3.8, 4) is 0 Å². The molecule has 3 unspecified atom stereocenters. The minimum Gasteiger partial charge on any atom is -0.462 e. The SMILES string of the molecule is CCCCCCCCCCCCCCCCCCCCCCCC(=O)O[C@H](COC(=O)CCCCCCCCCCCCCCCCC(C)CC)COP(=O)(O)OC[C@@H](O)COP(=O)(O)OC[C@@H](COC(=O)CCCCCCCCCCC(C)C)OC(=O)CCCCCCCCCCCCCCCCCC. The van der Waals surface area contributed by atoms with E-state index in [9.17, 15) is 43.2 Å². The van der Waals surface area contributed by atoms with E-state index in [-0.39, 0.29) is 25.7 Å². The number of phosphoric ester groups is 2. The molecule has 0 saturated carbocycles. The van der Waals surface area contributed by atoms with Crippen molar-refractivity contribution in [2.75, 3.05) is 39.6 Å². The molecule has 0 radical (unpaired) electrons. The largest absolute Gasteiger partial charge is 0.472 e. The van der Waals surface area contributed by atoms with Crippen LogP contribution in [0.2, 0.25) is 0 Å². The van der Waals surface area contributed by atoms with E-state index in [2.05, 4.69) is 41.5 Å². The third-order valence-electron chi connectivity index (χ3n) is 20.8. The van der Waals surface area contributed by atoms with Crippen molar-refractivity contribution in [3.05, 3.63) is 0 Å². The molecule has 0 rings (SSSR count). The Labute approximate surface area is 651 Å². The van der Waals surface area contributed by atoms with Crippen molar-refractivity contribution in [3.63, 3.8) is 0 Å². The summed E-state index contributed by atoms with van der Waals surface area (Å²) in [5, 5.41) is 10.7. The predicted octanol–water partition coefficient (Wildman–Crippen LogP) is 26.6. The number of aliphatic hydroxyl groups excluding tert-OH is 1. The molecule has 0 heterocycles. The summed E-state index contributed by atoms with van der Waals surface area (Å²) >= 11 is 0. The van der Waals surface area contributed by atoms with E-state index in [0.29, 0.717) is 25.7 Å². The van der Waals surface area contributed by atoms with Crippen molar-refractivity contribution >= 4 is 39.5 Å². The molecule has 0 aliphatic carbocycles. The van der Waals surface area contributed by atoms with Gasteiger partial charge in [0.05, 0.1) is 26.4 Å². The molecule has 0 spiro atoms. The number of phosphoric acid groups is 2. The van der Waals surface area contributed by atoms with Gasteiger partial charge in [0.25, 0.3) is 0 Å². The second kappa shape index (κ2) is 78.3. The van der Waals surface area contributed by atoms with Crippen molar-refractivity contribution in [1.29, 1.82) is 0 Å². The fraction of sp³-hybridized carbons (Fsp3) is 0.954. The first-order chi connectivity index (χ1) is 51.4. The lowest BCUT2D eigenvalue weighted by Crippen LogP contribution is -2.30. The lowest BCUT2D eigenvalue weighted by atomic mass is 9.99. The third kappa shape index (κ3) is 78.7. The van der Waals surface area contributed by atoms with Crippen LogP contribution in [0.3, 0.4) is 0 Å². The summed E-state index contributed by atoms with van der Waals surface area (Å²) in [5.74, 6) is -0.525. The van der Waals surface area contributed by atoms with Crippen LogP contribution in [0.5, 0.6) is 0 Å². The smallest absolute Gasteiger partial charge is 0.462 e. The number of carbonyl (C=O) groups excluding carboxylic acids is 4. The number of hydrogen-bond acceptors (Lipinski definition) is 15. The Morgan fingerprint density at radius 2 is 0.481 bits per heavy atom. The molecule has 6 atom stereocenters. The summed E-state index contributed by atoms with van der Waals surface area (Å²) in [5.41, 5.74) is 0. The number of carbonyl (C=O) groups is 4. The maximum Gasteiger partial charge on any atom is 0.472 e. The van der Waals surface area contributed by atoms with E-state index in [0.717, 1.165) is 102 Å². The highest BCUT2D eigenvalue weighted by Gasteiger charge is 2.30. The lowest BCUT2D eigenvalue weighted by molar-refractivity contribution is -0.161. The fourth-order valence-electron chi connectivity index (χ4n) is 13.6. The highest BCUT2D eigenvalue weighted by Crippen LogP contribution is 2.45. The molecule has 106 heavy (non-hydrogen) atoms. The molecule has 17 nitrogen and oxygen atoms in total. The first-order valence-electron chi connectivity index (χ1n) is 45.0. The Kier molecular flexibility index (Phi) is 76.9. The molecule has 0 saturated heterocycles. The predicted molar refractivity (Wildman–Crippen MR) is 437 cm³/mol. The number of hydrogen-bond donors (Lipinski definition) is 3. The van der Waals surface area contributed by atoms with E-state index in [4.69, 9.17) is 37.0 Å². The standard InChI is InChI=1S/C87H170O17P2/c1-7-10-12-14-16-18-20-22-24-26-27-28-29-30-32-38-42-46-54-60-66-72-86(91)103-82(75-97-84(89)69-63-57-51-44-40-36-34-33-35-39-43-50-56-62-68-80(6)9-3)77-101-105(93,94)99-73-81(88)74-100-106(95,96)102-78-83(76-98-85(90)70-64-58-52-48-47-49-55-61-67-79(4)5)104-87(92)71-65-59-53-45-41-37-31-25-23-21-19-17-15-13-11-8-2/h79-83,88H,7-78H2,1-6H3,(H,93,94)(H,95,96)/t80?,81-,82-,83-/m1/s1. The molecule has 19 heteroatoms. The summed E-state index contributed by atoms with van der Waals surface area (Å²) in [6.07, 6.45) is 70.8. The Balaban J connectivity index is 5.24. The van der Waals surface area contributed by atoms with Crippen molar-refractivity contribution in [2.45, 2.75) is 484 Å². The van der Waals surface area contributed by atoms with Gasteiger partial charge in [-0.1, -0.05) is 414 Å². The zero-order valence-electron chi connectivity index (χ0n) is 69.7. The zero-order chi connectivity index (χ0) is 77.8. The van der Waals surface area contributed by atoms with Crippen LogP contribution < -0.4 is 0 Å². The van der Waals surface area contributed by atoms with Crippen LogP contribution in [0.1, 0.15) is 465 Å². The molecular weight excluding hydrogens is 1380 g/mol. The van der Waals surface area contributed by atoms with Gasteiger partial charge in [0.15, 0.2) is 12.2 Å². The van der Waals surface area contributed by atoms with Gasteiger partial charge in [0, 0.05) is 25.7 Å². The minimum atomic E-state index is -4.97. The second-order valence-electron chi connectivity index (χ2n) is 32.0. The maximum absolute atomic E-state index is 13.2. The minimum absolute atomic E-state index is 0.108. The van der Waals surface area contributed by atoms with Crippen LogP contribution in [0, 0.1) is 11.8 Å². The van der Waals surface area contributed by atoms with Gasteiger partial charge in [0.2, 0.25) is 0 Å². The fourth-order valence-corrected chi connectivity index (χ4v) is 15.1. The monoisotopic (exact) mass is 1550 g/mol. The van der Waals surface area contributed by atoms with E-state index in [1.807, 2.05) is 0 Å².